The molecule has 2 rings (SSSR count). The van der Waals surface area contributed by atoms with Gasteiger partial charge < -0.3 is 15.2 Å². The predicted octanol–water partition coefficient (Wildman–Crippen LogP) is 2.69. The standard InChI is InChI=1S/C12H15N3O2S2/c1-16-9-3-5-10(6-4-9)17-7-2-8-18-12-15-14-11(13)19-12/h3-6H,2,7-8H2,1H3,(H2,13,14). The van der Waals surface area contributed by atoms with Crippen molar-refractivity contribution in [1.29, 1.82) is 0 Å². The summed E-state index contributed by atoms with van der Waals surface area (Å²) in [7, 11) is 1.65. The van der Waals surface area contributed by atoms with Gasteiger partial charge in [-0.2, -0.15) is 0 Å². The van der Waals surface area contributed by atoms with Gasteiger partial charge in [-0.1, -0.05) is 23.1 Å². The van der Waals surface area contributed by atoms with Gasteiger partial charge in [0.15, 0.2) is 4.34 Å². The maximum Gasteiger partial charge on any atom is 0.203 e. The molecule has 0 saturated heterocycles. The van der Waals surface area contributed by atoms with Crippen molar-refractivity contribution >= 4 is 28.2 Å². The number of benzene rings is 1. The topological polar surface area (TPSA) is 70.3 Å². The molecule has 0 amide bonds. The minimum atomic E-state index is 0.511. The van der Waals surface area contributed by atoms with Crippen molar-refractivity contribution in [2.75, 3.05) is 25.2 Å². The third-order valence-electron chi connectivity index (χ3n) is 2.26. The summed E-state index contributed by atoms with van der Waals surface area (Å²) in [6.45, 7) is 0.674. The van der Waals surface area contributed by atoms with Crippen LogP contribution in [-0.4, -0.2) is 29.7 Å². The van der Waals surface area contributed by atoms with Gasteiger partial charge >= 0.3 is 0 Å². The van der Waals surface area contributed by atoms with E-state index in [1.54, 1.807) is 18.9 Å². The molecule has 102 valence electrons. The Morgan fingerprint density at radius 3 is 2.58 bits per heavy atom. The van der Waals surface area contributed by atoms with E-state index in [2.05, 4.69) is 10.2 Å². The summed E-state index contributed by atoms with van der Waals surface area (Å²) in [5.41, 5.74) is 5.51. The van der Waals surface area contributed by atoms with E-state index in [9.17, 15) is 0 Å². The Labute approximate surface area is 120 Å². The number of hydrogen-bond donors (Lipinski definition) is 1. The third-order valence-corrected chi connectivity index (χ3v) is 4.24. The number of nitrogens with two attached hydrogens (primary N) is 1. The first-order valence-electron chi connectivity index (χ1n) is 5.76. The van der Waals surface area contributed by atoms with Crippen LogP contribution in [0.25, 0.3) is 0 Å². The Morgan fingerprint density at radius 1 is 1.21 bits per heavy atom. The van der Waals surface area contributed by atoms with Gasteiger partial charge in [0.05, 0.1) is 13.7 Å². The zero-order chi connectivity index (χ0) is 13.5. The average Bonchev–Trinajstić information content (AvgIpc) is 2.85. The van der Waals surface area contributed by atoms with E-state index in [-0.39, 0.29) is 0 Å². The second-order valence-corrected chi connectivity index (χ2v) is 5.98. The SMILES string of the molecule is COc1ccc(OCCCSc2nnc(N)s2)cc1. The summed E-state index contributed by atoms with van der Waals surface area (Å²) in [6, 6.07) is 7.57. The van der Waals surface area contributed by atoms with E-state index in [1.165, 1.54) is 11.3 Å². The smallest absolute Gasteiger partial charge is 0.203 e. The molecule has 19 heavy (non-hydrogen) atoms. The number of thioether (sulfide) groups is 1. The van der Waals surface area contributed by atoms with E-state index in [0.29, 0.717) is 11.7 Å². The first-order valence-corrected chi connectivity index (χ1v) is 7.57. The first kappa shape index (κ1) is 14.0. The molecule has 0 unspecified atom stereocenters. The lowest BCUT2D eigenvalue weighted by atomic mass is 10.3. The number of hydrogen-bond acceptors (Lipinski definition) is 7. The summed E-state index contributed by atoms with van der Waals surface area (Å²) >= 11 is 3.06. The van der Waals surface area contributed by atoms with Crippen LogP contribution < -0.4 is 15.2 Å². The van der Waals surface area contributed by atoms with Crippen LogP contribution in [0.5, 0.6) is 11.5 Å². The molecule has 2 N–H and O–H groups in total. The number of ether oxygens (including phenoxy) is 2. The Hall–Kier alpha value is -1.47. The monoisotopic (exact) mass is 297 g/mol. The fourth-order valence-corrected chi connectivity index (χ4v) is 2.98. The molecular formula is C12H15N3O2S2. The first-order chi connectivity index (χ1) is 9.28. The summed E-state index contributed by atoms with van der Waals surface area (Å²) in [5.74, 6) is 2.62. The quantitative estimate of drug-likeness (QED) is 0.626. The molecule has 0 radical (unpaired) electrons. The molecule has 0 fully saturated rings. The zero-order valence-electron chi connectivity index (χ0n) is 10.5. The van der Waals surface area contributed by atoms with Gasteiger partial charge in [0.2, 0.25) is 5.13 Å². The fraction of sp³-hybridized carbons (Fsp3) is 0.333. The number of methoxy groups -OCH3 is 1. The minimum absolute atomic E-state index is 0.511. The van der Waals surface area contributed by atoms with Gasteiger partial charge in [-0.25, -0.2) is 0 Å². The number of nitrogens with zero attached hydrogens (tertiary/aromatic N) is 2. The van der Waals surface area contributed by atoms with Crippen molar-refractivity contribution in [3.05, 3.63) is 24.3 Å². The molecule has 7 heteroatoms. The highest BCUT2D eigenvalue weighted by Crippen LogP contribution is 2.24. The molecule has 0 aliphatic carbocycles. The van der Waals surface area contributed by atoms with Crippen LogP contribution in [0.15, 0.2) is 28.6 Å². The molecule has 0 aliphatic heterocycles. The highest BCUT2D eigenvalue weighted by atomic mass is 32.2. The summed E-state index contributed by atoms with van der Waals surface area (Å²) in [4.78, 5) is 0. The summed E-state index contributed by atoms with van der Waals surface area (Å²) in [5, 5.41) is 8.22. The van der Waals surface area contributed by atoms with Crippen molar-refractivity contribution in [3.8, 4) is 11.5 Å². The predicted molar refractivity (Wildman–Crippen MR) is 78.2 cm³/mol. The van der Waals surface area contributed by atoms with Crippen molar-refractivity contribution in [2.45, 2.75) is 10.8 Å². The highest BCUT2D eigenvalue weighted by molar-refractivity contribution is 8.01. The van der Waals surface area contributed by atoms with Gasteiger partial charge in [-0.3, -0.25) is 0 Å². The van der Waals surface area contributed by atoms with Crippen LogP contribution in [0.4, 0.5) is 5.13 Å². The molecular weight excluding hydrogens is 282 g/mol. The van der Waals surface area contributed by atoms with Crippen LogP contribution in [0.2, 0.25) is 0 Å². The molecule has 5 nitrogen and oxygen atoms in total. The largest absolute Gasteiger partial charge is 0.497 e. The Balaban J connectivity index is 1.63. The van der Waals surface area contributed by atoms with Crippen LogP contribution in [0.3, 0.4) is 0 Å². The molecule has 0 bridgehead atoms. The second-order valence-electron chi connectivity index (χ2n) is 3.63. The zero-order valence-corrected chi connectivity index (χ0v) is 12.2. The van der Waals surface area contributed by atoms with Gasteiger partial charge in [0.1, 0.15) is 11.5 Å². The summed E-state index contributed by atoms with van der Waals surface area (Å²) in [6.07, 6.45) is 0.941. The van der Waals surface area contributed by atoms with E-state index in [1.807, 2.05) is 24.3 Å². The number of anilines is 1. The van der Waals surface area contributed by atoms with E-state index in [4.69, 9.17) is 15.2 Å². The summed E-state index contributed by atoms with van der Waals surface area (Å²) < 4.78 is 11.6. The van der Waals surface area contributed by atoms with E-state index < -0.39 is 0 Å². The van der Waals surface area contributed by atoms with Crippen molar-refractivity contribution in [3.63, 3.8) is 0 Å². The van der Waals surface area contributed by atoms with E-state index in [0.717, 1.165) is 28.0 Å². The molecule has 2 aromatic rings. The lowest BCUT2D eigenvalue weighted by Gasteiger charge is -2.06. The van der Waals surface area contributed by atoms with Crippen molar-refractivity contribution in [2.24, 2.45) is 0 Å². The average molecular weight is 297 g/mol. The normalized spacial score (nSPS) is 10.4. The number of rotatable bonds is 7. The maximum absolute atomic E-state index is 5.62. The number of nitrogen functional groups attached to an aromatic ring is 1. The lowest BCUT2D eigenvalue weighted by Crippen LogP contribution is -1.98. The molecule has 0 atom stereocenters. The Kier molecular flexibility index (Phi) is 5.29. The van der Waals surface area contributed by atoms with Crippen LogP contribution in [-0.2, 0) is 0 Å². The highest BCUT2D eigenvalue weighted by Gasteiger charge is 2.01. The van der Waals surface area contributed by atoms with E-state index >= 15 is 0 Å². The second kappa shape index (κ2) is 7.20. The van der Waals surface area contributed by atoms with Crippen molar-refractivity contribution < 1.29 is 9.47 Å². The van der Waals surface area contributed by atoms with Crippen LogP contribution >= 0.6 is 23.1 Å². The maximum atomic E-state index is 5.62. The van der Waals surface area contributed by atoms with Crippen LogP contribution in [0.1, 0.15) is 6.42 Å². The molecule has 0 spiro atoms. The molecule has 0 aliphatic rings. The molecule has 1 aromatic heterocycles. The molecule has 0 saturated carbocycles. The Bertz CT molecular complexity index is 502. The molecule has 1 heterocycles. The van der Waals surface area contributed by atoms with Gasteiger partial charge in [0.25, 0.3) is 0 Å². The number of aromatic nitrogens is 2. The van der Waals surface area contributed by atoms with Gasteiger partial charge in [0, 0.05) is 5.75 Å². The van der Waals surface area contributed by atoms with Gasteiger partial charge in [-0.05, 0) is 30.7 Å². The van der Waals surface area contributed by atoms with Gasteiger partial charge in [-0.15, -0.1) is 10.2 Å². The van der Waals surface area contributed by atoms with Crippen LogP contribution in [0, 0.1) is 0 Å². The van der Waals surface area contributed by atoms with Crippen molar-refractivity contribution in [1.82, 2.24) is 10.2 Å². The lowest BCUT2D eigenvalue weighted by molar-refractivity contribution is 0.318. The third kappa shape index (κ3) is 4.60. The molecule has 1 aromatic carbocycles. The Morgan fingerprint density at radius 2 is 1.95 bits per heavy atom. The minimum Gasteiger partial charge on any atom is -0.497 e. The fourth-order valence-electron chi connectivity index (χ4n) is 1.36.